The largest absolute Gasteiger partial charge is 0.398 e. The summed E-state index contributed by atoms with van der Waals surface area (Å²) in [5, 5.41) is 13.4. The van der Waals surface area contributed by atoms with Crippen LogP contribution in [-0.4, -0.2) is 23.2 Å². The van der Waals surface area contributed by atoms with Gasteiger partial charge in [0.1, 0.15) is 0 Å². The molecule has 116 valence electrons. The lowest BCUT2D eigenvalue weighted by Gasteiger charge is -2.35. The Balaban J connectivity index is 1.90. The van der Waals surface area contributed by atoms with Gasteiger partial charge < -0.3 is 16.2 Å². The van der Waals surface area contributed by atoms with Crippen molar-refractivity contribution in [3.05, 3.63) is 28.2 Å². The van der Waals surface area contributed by atoms with Crippen molar-refractivity contribution in [1.29, 1.82) is 0 Å². The van der Waals surface area contributed by atoms with Gasteiger partial charge in [0.15, 0.2) is 0 Å². The molecular weight excluding hydrogens is 332 g/mol. The number of hydrogen-bond donors (Lipinski definition) is 3. The maximum Gasteiger partial charge on any atom is 0.251 e. The number of hydrogen-bond acceptors (Lipinski definition) is 3. The molecule has 4 nitrogen and oxygen atoms in total. The highest BCUT2D eigenvalue weighted by Gasteiger charge is 2.32. The number of benzene rings is 1. The van der Waals surface area contributed by atoms with Crippen molar-refractivity contribution >= 4 is 27.5 Å². The Bertz CT molecular complexity index is 511. The predicted molar refractivity (Wildman–Crippen MR) is 88.1 cm³/mol. The van der Waals surface area contributed by atoms with Gasteiger partial charge in [-0.3, -0.25) is 4.79 Å². The molecule has 0 saturated heterocycles. The molecule has 0 unspecified atom stereocenters. The van der Waals surface area contributed by atoms with Crippen molar-refractivity contribution in [3.63, 3.8) is 0 Å². The fourth-order valence-corrected chi connectivity index (χ4v) is 3.19. The molecule has 0 aliphatic heterocycles. The Morgan fingerprint density at radius 2 is 2.14 bits per heavy atom. The lowest BCUT2D eigenvalue weighted by Crippen LogP contribution is -2.45. The summed E-state index contributed by atoms with van der Waals surface area (Å²) in [5.74, 6) is 0.538. The van der Waals surface area contributed by atoms with Crippen molar-refractivity contribution in [2.45, 2.75) is 44.6 Å². The summed E-state index contributed by atoms with van der Waals surface area (Å²) in [6.45, 7) is 2.50. The summed E-state index contributed by atoms with van der Waals surface area (Å²) < 4.78 is 0.706. The third-order valence-electron chi connectivity index (χ3n) is 4.45. The molecule has 0 bridgehead atoms. The van der Waals surface area contributed by atoms with E-state index in [-0.39, 0.29) is 5.91 Å². The SMILES string of the molecule is CCC1CCC(O)(CNC(=O)c2ccc(N)c(Br)c2)CC1. The number of aliphatic hydroxyl groups is 1. The fourth-order valence-electron chi connectivity index (χ4n) is 2.82. The van der Waals surface area contributed by atoms with Gasteiger partial charge in [-0.2, -0.15) is 0 Å². The molecule has 1 fully saturated rings. The summed E-state index contributed by atoms with van der Waals surface area (Å²) in [5.41, 5.74) is 6.09. The van der Waals surface area contributed by atoms with Crippen LogP contribution < -0.4 is 11.1 Å². The van der Waals surface area contributed by atoms with E-state index in [1.807, 2.05) is 0 Å². The van der Waals surface area contributed by atoms with Crippen molar-refractivity contribution in [2.75, 3.05) is 12.3 Å². The number of anilines is 1. The average Bonchev–Trinajstić information content (AvgIpc) is 2.48. The number of halogens is 1. The van der Waals surface area contributed by atoms with Crippen molar-refractivity contribution in [1.82, 2.24) is 5.32 Å². The van der Waals surface area contributed by atoms with Crippen LogP contribution in [0.1, 0.15) is 49.4 Å². The zero-order valence-electron chi connectivity index (χ0n) is 12.4. The van der Waals surface area contributed by atoms with Crippen LogP contribution >= 0.6 is 15.9 Å². The topological polar surface area (TPSA) is 75.3 Å². The molecule has 2 rings (SSSR count). The van der Waals surface area contributed by atoms with E-state index in [4.69, 9.17) is 5.73 Å². The van der Waals surface area contributed by atoms with Crippen LogP contribution in [0.2, 0.25) is 0 Å². The normalized spacial score (nSPS) is 25.6. The van der Waals surface area contributed by atoms with E-state index < -0.39 is 5.60 Å². The number of nitrogens with two attached hydrogens (primary N) is 1. The van der Waals surface area contributed by atoms with Crippen LogP contribution in [0.4, 0.5) is 5.69 Å². The van der Waals surface area contributed by atoms with Crippen molar-refractivity contribution < 1.29 is 9.90 Å². The number of amides is 1. The molecule has 5 heteroatoms. The van der Waals surface area contributed by atoms with Gasteiger partial charge in [-0.15, -0.1) is 0 Å². The van der Waals surface area contributed by atoms with E-state index in [1.165, 1.54) is 6.42 Å². The second-order valence-electron chi connectivity index (χ2n) is 5.99. The molecule has 0 radical (unpaired) electrons. The van der Waals surface area contributed by atoms with Gasteiger partial charge in [0.05, 0.1) is 5.60 Å². The van der Waals surface area contributed by atoms with Crippen LogP contribution in [0, 0.1) is 5.92 Å². The van der Waals surface area contributed by atoms with Crippen molar-refractivity contribution in [3.8, 4) is 0 Å². The Kier molecular flexibility index (Phi) is 5.27. The van der Waals surface area contributed by atoms with E-state index in [0.717, 1.165) is 25.7 Å². The van der Waals surface area contributed by atoms with E-state index in [1.54, 1.807) is 18.2 Å². The zero-order valence-corrected chi connectivity index (χ0v) is 13.9. The highest BCUT2D eigenvalue weighted by Crippen LogP contribution is 2.33. The second kappa shape index (κ2) is 6.79. The molecule has 0 atom stereocenters. The highest BCUT2D eigenvalue weighted by molar-refractivity contribution is 9.10. The lowest BCUT2D eigenvalue weighted by molar-refractivity contribution is -0.00786. The standard InChI is InChI=1S/C16H23BrN2O2/c1-2-11-5-7-16(21,8-6-11)10-19-15(20)12-3-4-14(18)13(17)9-12/h3-4,9,11,21H,2,5-8,10,18H2,1H3,(H,19,20). The fraction of sp³-hybridized carbons (Fsp3) is 0.562. The van der Waals surface area contributed by atoms with Crippen LogP contribution in [-0.2, 0) is 0 Å². The van der Waals surface area contributed by atoms with Gasteiger partial charge in [-0.25, -0.2) is 0 Å². The van der Waals surface area contributed by atoms with E-state index in [9.17, 15) is 9.90 Å². The molecule has 1 amide bonds. The molecule has 0 spiro atoms. The number of carbonyl (C=O) groups is 1. The molecule has 1 aromatic carbocycles. The van der Waals surface area contributed by atoms with Crippen LogP contribution in [0.25, 0.3) is 0 Å². The third kappa shape index (κ3) is 4.20. The van der Waals surface area contributed by atoms with Crippen molar-refractivity contribution in [2.24, 2.45) is 5.92 Å². The van der Waals surface area contributed by atoms with Gasteiger partial charge in [0, 0.05) is 22.3 Å². The predicted octanol–water partition coefficient (Wildman–Crippen LogP) is 3.09. The molecule has 1 aliphatic rings. The van der Waals surface area contributed by atoms with E-state index in [0.29, 0.717) is 28.2 Å². The monoisotopic (exact) mass is 354 g/mol. The number of carbonyl (C=O) groups excluding carboxylic acids is 1. The molecular formula is C16H23BrN2O2. The molecule has 0 aromatic heterocycles. The Morgan fingerprint density at radius 3 is 2.71 bits per heavy atom. The van der Waals surface area contributed by atoms with Gasteiger partial charge in [-0.05, 0) is 65.7 Å². The summed E-state index contributed by atoms with van der Waals surface area (Å²) in [7, 11) is 0. The van der Waals surface area contributed by atoms with Gasteiger partial charge in [0.25, 0.3) is 5.91 Å². The zero-order chi connectivity index (χ0) is 15.5. The number of nitrogens with one attached hydrogen (secondary N) is 1. The third-order valence-corrected chi connectivity index (χ3v) is 5.14. The minimum absolute atomic E-state index is 0.179. The molecule has 0 heterocycles. The summed E-state index contributed by atoms with van der Waals surface area (Å²) in [4.78, 5) is 12.1. The molecule has 21 heavy (non-hydrogen) atoms. The van der Waals surface area contributed by atoms with Gasteiger partial charge in [-0.1, -0.05) is 13.3 Å². The lowest BCUT2D eigenvalue weighted by atomic mass is 9.78. The summed E-state index contributed by atoms with van der Waals surface area (Å²) in [6.07, 6.45) is 4.77. The molecule has 1 aromatic rings. The summed E-state index contributed by atoms with van der Waals surface area (Å²) in [6, 6.07) is 5.08. The average molecular weight is 355 g/mol. The number of rotatable bonds is 4. The first-order valence-corrected chi connectivity index (χ1v) is 8.28. The molecule has 1 saturated carbocycles. The Morgan fingerprint density at radius 1 is 1.48 bits per heavy atom. The quantitative estimate of drug-likeness (QED) is 0.727. The Labute approximate surface area is 134 Å². The maximum atomic E-state index is 12.1. The van der Waals surface area contributed by atoms with E-state index >= 15 is 0 Å². The Hall–Kier alpha value is -1.07. The van der Waals surface area contributed by atoms with Crippen LogP contribution in [0.5, 0.6) is 0 Å². The first-order valence-electron chi connectivity index (χ1n) is 7.49. The van der Waals surface area contributed by atoms with Gasteiger partial charge >= 0.3 is 0 Å². The first-order chi connectivity index (χ1) is 9.93. The first kappa shape index (κ1) is 16.3. The summed E-state index contributed by atoms with van der Waals surface area (Å²) >= 11 is 3.31. The minimum Gasteiger partial charge on any atom is -0.398 e. The minimum atomic E-state index is -0.758. The molecule has 1 aliphatic carbocycles. The smallest absolute Gasteiger partial charge is 0.251 e. The van der Waals surface area contributed by atoms with Crippen LogP contribution in [0.15, 0.2) is 22.7 Å². The highest BCUT2D eigenvalue weighted by atomic mass is 79.9. The van der Waals surface area contributed by atoms with Crippen LogP contribution in [0.3, 0.4) is 0 Å². The second-order valence-corrected chi connectivity index (χ2v) is 6.85. The number of nitrogen functional groups attached to an aromatic ring is 1. The molecule has 4 N–H and O–H groups in total. The maximum absolute atomic E-state index is 12.1. The van der Waals surface area contributed by atoms with E-state index in [2.05, 4.69) is 28.2 Å². The van der Waals surface area contributed by atoms with Gasteiger partial charge in [0.2, 0.25) is 0 Å².